The van der Waals surface area contributed by atoms with Crippen LogP contribution in [-0.4, -0.2) is 37.2 Å². The minimum Gasteiger partial charge on any atom is -0.462 e. The Balaban J connectivity index is 4.26. The fourth-order valence-corrected chi connectivity index (χ4v) is 9.17. The highest BCUT2D eigenvalue weighted by Crippen LogP contribution is 2.17. The number of allylic oxidation sites excluding steroid dienone is 12. The second kappa shape index (κ2) is 62.4. The van der Waals surface area contributed by atoms with E-state index in [4.69, 9.17) is 14.2 Å². The molecule has 0 heterocycles. The Hall–Kier alpha value is -3.15. The van der Waals surface area contributed by atoms with Crippen LogP contribution >= 0.6 is 0 Å². The van der Waals surface area contributed by atoms with E-state index in [2.05, 4.69) is 93.7 Å². The van der Waals surface area contributed by atoms with E-state index in [1.807, 2.05) is 0 Å². The standard InChI is InChI=1S/C68H120O6/c1-4-7-10-13-16-19-22-25-27-29-30-31-32-33-34-35-36-37-38-40-41-43-46-49-52-55-58-61-67(70)73-64-65(63-72-66(69)60-57-54-51-48-45-24-21-18-15-12-9-6-3)74-68(71)62-59-56-53-50-47-44-42-39-28-26-23-20-17-14-11-8-5-2/h7,10,16,19,25-28,30-31,33-34,65H,4-6,8-9,11-15,17-18,20-24,29,32,35-64H2,1-3H3/b10-7-,19-16-,27-25-,28-26-,31-30-,34-33-. The first-order valence-corrected chi connectivity index (χ1v) is 31.9. The van der Waals surface area contributed by atoms with Gasteiger partial charge < -0.3 is 14.2 Å². The molecule has 0 amide bonds. The van der Waals surface area contributed by atoms with Crippen LogP contribution in [0.2, 0.25) is 0 Å². The third-order valence-electron chi connectivity index (χ3n) is 13.9. The Labute approximate surface area is 459 Å². The molecule has 0 spiro atoms. The summed E-state index contributed by atoms with van der Waals surface area (Å²) in [4.78, 5) is 38.3. The zero-order valence-electron chi connectivity index (χ0n) is 49.1. The molecule has 0 saturated carbocycles. The van der Waals surface area contributed by atoms with Crippen molar-refractivity contribution >= 4 is 17.9 Å². The van der Waals surface area contributed by atoms with E-state index < -0.39 is 6.10 Å². The van der Waals surface area contributed by atoms with E-state index in [1.165, 1.54) is 193 Å². The fourth-order valence-electron chi connectivity index (χ4n) is 9.17. The molecule has 0 aliphatic rings. The van der Waals surface area contributed by atoms with Crippen LogP contribution in [-0.2, 0) is 28.6 Å². The molecule has 0 aromatic heterocycles. The Morgan fingerprint density at radius 2 is 0.527 bits per heavy atom. The second-order valence-corrected chi connectivity index (χ2v) is 21.3. The first-order valence-electron chi connectivity index (χ1n) is 31.9. The zero-order chi connectivity index (χ0) is 53.6. The lowest BCUT2D eigenvalue weighted by Crippen LogP contribution is -2.30. The van der Waals surface area contributed by atoms with Gasteiger partial charge in [-0.05, 0) is 89.9 Å². The molecule has 6 nitrogen and oxygen atoms in total. The van der Waals surface area contributed by atoms with Crippen LogP contribution in [0, 0.1) is 0 Å². The Morgan fingerprint density at radius 3 is 0.838 bits per heavy atom. The van der Waals surface area contributed by atoms with Crippen LogP contribution in [0.15, 0.2) is 72.9 Å². The molecule has 0 aromatic rings. The molecule has 0 radical (unpaired) electrons. The summed E-state index contributed by atoms with van der Waals surface area (Å²) < 4.78 is 16.9. The van der Waals surface area contributed by atoms with Crippen LogP contribution in [0.25, 0.3) is 0 Å². The third kappa shape index (κ3) is 59.7. The van der Waals surface area contributed by atoms with Gasteiger partial charge in [0.2, 0.25) is 0 Å². The number of ether oxygens (including phenoxy) is 3. The molecule has 6 heteroatoms. The van der Waals surface area contributed by atoms with E-state index in [9.17, 15) is 14.4 Å². The minimum atomic E-state index is -0.777. The van der Waals surface area contributed by atoms with Crippen molar-refractivity contribution in [2.75, 3.05) is 13.2 Å². The lowest BCUT2D eigenvalue weighted by Gasteiger charge is -2.18. The lowest BCUT2D eigenvalue weighted by atomic mass is 10.0. The molecule has 0 aliphatic heterocycles. The predicted octanol–water partition coefficient (Wildman–Crippen LogP) is 21.7. The summed E-state index contributed by atoms with van der Waals surface area (Å²) in [5, 5.41) is 0. The quantitative estimate of drug-likeness (QED) is 0.0261. The maximum atomic E-state index is 12.9. The normalized spacial score (nSPS) is 12.5. The molecular weight excluding hydrogens is 913 g/mol. The lowest BCUT2D eigenvalue weighted by molar-refractivity contribution is -0.167. The molecule has 0 aliphatic carbocycles. The average molecular weight is 1030 g/mol. The van der Waals surface area contributed by atoms with E-state index in [-0.39, 0.29) is 31.1 Å². The maximum absolute atomic E-state index is 12.9. The topological polar surface area (TPSA) is 78.9 Å². The summed E-state index contributed by atoms with van der Waals surface area (Å²) in [5.74, 6) is -0.867. The van der Waals surface area contributed by atoms with Gasteiger partial charge in [-0.2, -0.15) is 0 Å². The van der Waals surface area contributed by atoms with Gasteiger partial charge in [0, 0.05) is 19.3 Å². The molecule has 74 heavy (non-hydrogen) atoms. The van der Waals surface area contributed by atoms with Gasteiger partial charge in [0.25, 0.3) is 0 Å². The SMILES string of the molecule is CC/C=C\C/C=C\C/C=C\C/C=C\C/C=C\CCCCCCCCCCCCCC(=O)OCC(COC(=O)CCCCCCCCCCCCCC)OC(=O)CCCCCCCCC/C=C\CCCCCCCC. The molecule has 0 aromatic carbocycles. The molecule has 1 atom stereocenters. The van der Waals surface area contributed by atoms with E-state index in [0.717, 1.165) is 89.9 Å². The van der Waals surface area contributed by atoms with Crippen molar-refractivity contribution in [1.82, 2.24) is 0 Å². The van der Waals surface area contributed by atoms with E-state index in [0.29, 0.717) is 19.3 Å². The van der Waals surface area contributed by atoms with E-state index in [1.54, 1.807) is 0 Å². The third-order valence-corrected chi connectivity index (χ3v) is 13.9. The van der Waals surface area contributed by atoms with Gasteiger partial charge in [0.05, 0.1) is 0 Å². The van der Waals surface area contributed by atoms with Gasteiger partial charge >= 0.3 is 17.9 Å². The maximum Gasteiger partial charge on any atom is 0.306 e. The number of hydrogen-bond donors (Lipinski definition) is 0. The van der Waals surface area contributed by atoms with Crippen molar-refractivity contribution in [1.29, 1.82) is 0 Å². The first-order chi connectivity index (χ1) is 36.5. The summed E-state index contributed by atoms with van der Waals surface area (Å²) in [6, 6.07) is 0. The number of hydrogen-bond acceptors (Lipinski definition) is 6. The predicted molar refractivity (Wildman–Crippen MR) is 321 cm³/mol. The highest BCUT2D eigenvalue weighted by Gasteiger charge is 2.19. The fraction of sp³-hybridized carbons (Fsp3) is 0.779. The highest BCUT2D eigenvalue weighted by atomic mass is 16.6. The molecule has 0 N–H and O–H groups in total. The van der Waals surface area contributed by atoms with Crippen molar-refractivity contribution in [2.24, 2.45) is 0 Å². The molecule has 0 rings (SSSR count). The van der Waals surface area contributed by atoms with Crippen molar-refractivity contribution in [3.8, 4) is 0 Å². The largest absolute Gasteiger partial charge is 0.462 e. The number of esters is 3. The number of unbranched alkanes of at least 4 members (excludes halogenated alkanes) is 35. The van der Waals surface area contributed by atoms with Crippen LogP contribution in [0.3, 0.4) is 0 Å². The van der Waals surface area contributed by atoms with Crippen molar-refractivity contribution in [2.45, 2.75) is 329 Å². The number of carbonyl (C=O) groups excluding carboxylic acids is 3. The Kier molecular flexibility index (Phi) is 59.7. The molecule has 428 valence electrons. The van der Waals surface area contributed by atoms with Gasteiger partial charge in [-0.1, -0.05) is 286 Å². The minimum absolute atomic E-state index is 0.0740. The van der Waals surface area contributed by atoms with Crippen LogP contribution in [0.5, 0.6) is 0 Å². The highest BCUT2D eigenvalue weighted by molar-refractivity contribution is 5.71. The molecule has 0 fully saturated rings. The van der Waals surface area contributed by atoms with Crippen molar-refractivity contribution < 1.29 is 28.6 Å². The summed E-state index contributed by atoms with van der Waals surface area (Å²) in [7, 11) is 0. The van der Waals surface area contributed by atoms with Gasteiger partial charge in [0.1, 0.15) is 13.2 Å². The monoisotopic (exact) mass is 1030 g/mol. The number of carbonyl (C=O) groups is 3. The second-order valence-electron chi connectivity index (χ2n) is 21.3. The average Bonchev–Trinajstić information content (AvgIpc) is 3.40. The van der Waals surface area contributed by atoms with Crippen LogP contribution < -0.4 is 0 Å². The summed E-state index contributed by atoms with van der Waals surface area (Å²) in [6.07, 6.45) is 80.5. The van der Waals surface area contributed by atoms with Crippen LogP contribution in [0.4, 0.5) is 0 Å². The summed E-state index contributed by atoms with van der Waals surface area (Å²) in [6.45, 7) is 6.55. The molecule has 1 unspecified atom stereocenters. The molecule has 0 bridgehead atoms. The molecular formula is C68H120O6. The van der Waals surface area contributed by atoms with Crippen LogP contribution in [0.1, 0.15) is 323 Å². The summed E-state index contributed by atoms with van der Waals surface area (Å²) in [5.41, 5.74) is 0. The molecule has 0 saturated heterocycles. The van der Waals surface area contributed by atoms with Crippen molar-refractivity contribution in [3.63, 3.8) is 0 Å². The Morgan fingerprint density at radius 1 is 0.284 bits per heavy atom. The Bertz CT molecular complexity index is 1370. The van der Waals surface area contributed by atoms with Gasteiger partial charge in [0.15, 0.2) is 6.10 Å². The van der Waals surface area contributed by atoms with Gasteiger partial charge in [-0.15, -0.1) is 0 Å². The van der Waals surface area contributed by atoms with E-state index >= 15 is 0 Å². The number of rotatable bonds is 58. The van der Waals surface area contributed by atoms with Gasteiger partial charge in [-0.3, -0.25) is 14.4 Å². The van der Waals surface area contributed by atoms with Gasteiger partial charge in [-0.25, -0.2) is 0 Å². The summed E-state index contributed by atoms with van der Waals surface area (Å²) >= 11 is 0. The smallest absolute Gasteiger partial charge is 0.306 e. The van der Waals surface area contributed by atoms with Crippen molar-refractivity contribution in [3.05, 3.63) is 72.9 Å². The zero-order valence-corrected chi connectivity index (χ0v) is 49.1. The first kappa shape index (κ1) is 70.8.